The van der Waals surface area contributed by atoms with Crippen LogP contribution in [-0.4, -0.2) is 47.7 Å². The average molecular weight is 288 g/mol. The lowest BCUT2D eigenvalue weighted by Crippen LogP contribution is -2.55. The molecule has 1 aliphatic heterocycles. The molecule has 0 bridgehead atoms. The molecule has 1 saturated heterocycles. The van der Waals surface area contributed by atoms with E-state index in [0.29, 0.717) is 0 Å². The van der Waals surface area contributed by atoms with Crippen LogP contribution in [0.2, 0.25) is 0 Å². The molecule has 1 amide bonds. The highest BCUT2D eigenvalue weighted by Crippen LogP contribution is 2.25. The van der Waals surface area contributed by atoms with Crippen LogP contribution in [0.25, 0.3) is 0 Å². The van der Waals surface area contributed by atoms with E-state index in [4.69, 9.17) is 16.3 Å². The summed E-state index contributed by atoms with van der Waals surface area (Å²) < 4.78 is 41.8. The quantitative estimate of drug-likeness (QED) is 0.747. The van der Waals surface area contributed by atoms with Gasteiger partial charge in [-0.3, -0.25) is 4.79 Å². The minimum Gasteiger partial charge on any atom is -0.367 e. The molecule has 0 aromatic rings. The summed E-state index contributed by atoms with van der Waals surface area (Å²) >= 11 is 5.68. The second kappa shape index (κ2) is 5.65. The van der Waals surface area contributed by atoms with Crippen LogP contribution in [0.15, 0.2) is 0 Å². The maximum Gasteiger partial charge on any atom is 0.389 e. The highest BCUT2D eigenvalue weighted by Gasteiger charge is 2.36. The topological polar surface area (TPSA) is 29.5 Å². The molecule has 0 aromatic heterocycles. The Bertz CT molecular complexity index is 307. The molecule has 1 aliphatic rings. The van der Waals surface area contributed by atoms with Gasteiger partial charge in [0.05, 0.1) is 24.0 Å². The number of morpholine rings is 1. The van der Waals surface area contributed by atoms with Crippen molar-refractivity contribution in [3.05, 3.63) is 0 Å². The first-order valence-electron chi connectivity index (χ1n) is 5.71. The Morgan fingerprint density at radius 1 is 1.50 bits per heavy atom. The molecule has 0 saturated carbocycles. The van der Waals surface area contributed by atoms with Crippen LogP contribution in [0.1, 0.15) is 26.7 Å². The number of hydrogen-bond donors (Lipinski definition) is 0. The summed E-state index contributed by atoms with van der Waals surface area (Å²) in [5.74, 6) is -0.286. The van der Waals surface area contributed by atoms with Crippen molar-refractivity contribution >= 4 is 17.5 Å². The van der Waals surface area contributed by atoms with E-state index in [9.17, 15) is 18.0 Å². The molecule has 0 aromatic carbocycles. The Morgan fingerprint density at radius 3 is 2.61 bits per heavy atom. The molecule has 0 aliphatic carbocycles. The van der Waals surface area contributed by atoms with E-state index in [1.807, 2.05) is 0 Å². The van der Waals surface area contributed by atoms with E-state index >= 15 is 0 Å². The Hall–Kier alpha value is -0.490. The second-order valence-corrected chi connectivity index (χ2v) is 5.35. The lowest BCUT2D eigenvalue weighted by molar-refractivity contribution is -0.164. The van der Waals surface area contributed by atoms with Crippen LogP contribution in [0.4, 0.5) is 13.2 Å². The molecule has 3 nitrogen and oxygen atoms in total. The predicted molar refractivity (Wildman–Crippen MR) is 61.5 cm³/mol. The van der Waals surface area contributed by atoms with Crippen LogP contribution in [0.5, 0.6) is 0 Å². The number of rotatable bonds is 3. The van der Waals surface area contributed by atoms with Gasteiger partial charge >= 0.3 is 6.18 Å². The summed E-state index contributed by atoms with van der Waals surface area (Å²) in [4.78, 5) is 13.1. The van der Waals surface area contributed by atoms with Gasteiger partial charge in [-0.25, -0.2) is 0 Å². The zero-order chi connectivity index (χ0) is 14.0. The SMILES string of the molecule is CC1(C)CN(C(=O)CCC(F)(F)F)CC(CCl)O1. The minimum atomic E-state index is -4.30. The van der Waals surface area contributed by atoms with Crippen LogP contribution in [0.3, 0.4) is 0 Å². The number of amides is 1. The van der Waals surface area contributed by atoms with Crippen molar-refractivity contribution in [2.45, 2.75) is 44.6 Å². The molecule has 1 unspecified atom stereocenters. The van der Waals surface area contributed by atoms with Gasteiger partial charge in [0.2, 0.25) is 5.91 Å². The van der Waals surface area contributed by atoms with Crippen molar-refractivity contribution in [1.29, 1.82) is 0 Å². The predicted octanol–water partition coefficient (Wildman–Crippen LogP) is 2.57. The maximum absolute atomic E-state index is 12.1. The van der Waals surface area contributed by atoms with E-state index in [2.05, 4.69) is 0 Å². The van der Waals surface area contributed by atoms with Crippen molar-refractivity contribution in [3.63, 3.8) is 0 Å². The second-order valence-electron chi connectivity index (χ2n) is 5.04. The van der Waals surface area contributed by atoms with Gasteiger partial charge in [-0.05, 0) is 13.8 Å². The smallest absolute Gasteiger partial charge is 0.367 e. The fourth-order valence-corrected chi connectivity index (χ4v) is 2.13. The number of ether oxygens (including phenoxy) is 1. The molecular formula is C11H17ClF3NO2. The summed E-state index contributed by atoms with van der Waals surface area (Å²) in [6.07, 6.45) is -6.24. The summed E-state index contributed by atoms with van der Waals surface area (Å²) in [6.45, 7) is 4.12. The number of carbonyl (C=O) groups is 1. The van der Waals surface area contributed by atoms with Crippen LogP contribution < -0.4 is 0 Å². The Morgan fingerprint density at radius 2 is 2.11 bits per heavy atom. The lowest BCUT2D eigenvalue weighted by atomic mass is 10.0. The van der Waals surface area contributed by atoms with Gasteiger partial charge in [-0.1, -0.05) is 0 Å². The van der Waals surface area contributed by atoms with Gasteiger partial charge < -0.3 is 9.64 Å². The van der Waals surface area contributed by atoms with E-state index < -0.39 is 30.5 Å². The maximum atomic E-state index is 12.1. The van der Waals surface area contributed by atoms with E-state index in [1.54, 1.807) is 13.8 Å². The molecule has 106 valence electrons. The highest BCUT2D eigenvalue weighted by atomic mass is 35.5. The van der Waals surface area contributed by atoms with Gasteiger partial charge in [0, 0.05) is 19.5 Å². The van der Waals surface area contributed by atoms with Crippen molar-refractivity contribution in [2.75, 3.05) is 19.0 Å². The monoisotopic (exact) mass is 287 g/mol. The molecule has 1 fully saturated rings. The first kappa shape index (κ1) is 15.6. The first-order valence-corrected chi connectivity index (χ1v) is 6.25. The molecule has 1 atom stereocenters. The molecule has 18 heavy (non-hydrogen) atoms. The molecule has 7 heteroatoms. The van der Waals surface area contributed by atoms with Crippen molar-refractivity contribution in [2.24, 2.45) is 0 Å². The van der Waals surface area contributed by atoms with Gasteiger partial charge in [-0.2, -0.15) is 13.2 Å². The fraction of sp³-hybridized carbons (Fsp3) is 0.909. The fourth-order valence-electron chi connectivity index (χ4n) is 1.97. The highest BCUT2D eigenvalue weighted by molar-refractivity contribution is 6.18. The summed E-state index contributed by atoms with van der Waals surface area (Å²) in [5.41, 5.74) is -0.578. The Kier molecular flexibility index (Phi) is 4.89. The van der Waals surface area contributed by atoms with Crippen molar-refractivity contribution < 1.29 is 22.7 Å². The van der Waals surface area contributed by atoms with Crippen LogP contribution in [-0.2, 0) is 9.53 Å². The molecule has 1 heterocycles. The zero-order valence-electron chi connectivity index (χ0n) is 10.4. The summed E-state index contributed by atoms with van der Waals surface area (Å²) in [7, 11) is 0. The number of halogens is 4. The third kappa shape index (κ3) is 5.02. The molecular weight excluding hydrogens is 271 g/mol. The van der Waals surface area contributed by atoms with E-state index in [0.717, 1.165) is 0 Å². The third-order valence-corrected chi connectivity index (χ3v) is 2.97. The first-order chi connectivity index (χ1) is 8.13. The molecule has 0 spiro atoms. The zero-order valence-corrected chi connectivity index (χ0v) is 11.1. The van der Waals surface area contributed by atoms with Gasteiger partial charge in [0.15, 0.2) is 0 Å². The largest absolute Gasteiger partial charge is 0.389 e. The van der Waals surface area contributed by atoms with Gasteiger partial charge in [-0.15, -0.1) is 11.6 Å². The van der Waals surface area contributed by atoms with E-state index in [-0.39, 0.29) is 25.1 Å². The molecule has 0 N–H and O–H groups in total. The van der Waals surface area contributed by atoms with Gasteiger partial charge in [0.25, 0.3) is 0 Å². The Labute approximate surface area is 109 Å². The third-order valence-electron chi connectivity index (χ3n) is 2.63. The minimum absolute atomic E-state index is 0.215. The molecule has 0 radical (unpaired) electrons. The number of alkyl halides is 4. The van der Waals surface area contributed by atoms with Gasteiger partial charge in [0.1, 0.15) is 0 Å². The van der Waals surface area contributed by atoms with Crippen molar-refractivity contribution in [1.82, 2.24) is 4.90 Å². The number of carbonyl (C=O) groups excluding carboxylic acids is 1. The standard InChI is InChI=1S/C11H17ClF3NO2/c1-10(2)7-16(6-8(5-12)18-10)9(17)3-4-11(13,14)15/h8H,3-7H2,1-2H3. The lowest BCUT2D eigenvalue weighted by Gasteiger charge is -2.42. The number of nitrogens with zero attached hydrogens (tertiary/aromatic N) is 1. The summed E-state index contributed by atoms with van der Waals surface area (Å²) in [5, 5.41) is 0. The van der Waals surface area contributed by atoms with Crippen LogP contribution in [0, 0.1) is 0 Å². The average Bonchev–Trinajstić information content (AvgIpc) is 2.22. The summed E-state index contributed by atoms with van der Waals surface area (Å²) in [6, 6.07) is 0. The van der Waals surface area contributed by atoms with Crippen molar-refractivity contribution in [3.8, 4) is 0 Å². The normalized spacial score (nSPS) is 24.1. The van der Waals surface area contributed by atoms with Crippen LogP contribution >= 0.6 is 11.6 Å². The Balaban J connectivity index is 2.56. The number of hydrogen-bond acceptors (Lipinski definition) is 2. The molecule has 1 rings (SSSR count). The van der Waals surface area contributed by atoms with E-state index in [1.165, 1.54) is 4.90 Å².